The third-order valence-electron chi connectivity index (χ3n) is 5.13. The van der Waals surface area contributed by atoms with Crippen LogP contribution in [-0.4, -0.2) is 51.4 Å². The normalized spacial score (nSPS) is 28.0. The lowest BCUT2D eigenvalue weighted by molar-refractivity contribution is -0.231. The Labute approximate surface area is 165 Å². The Balaban J connectivity index is 1.63. The maximum atomic E-state index is 14.4. The predicted molar refractivity (Wildman–Crippen MR) is 104 cm³/mol. The van der Waals surface area contributed by atoms with E-state index in [0.29, 0.717) is 17.5 Å². The molecule has 0 unspecified atom stereocenters. The quantitative estimate of drug-likeness (QED) is 0.495. The summed E-state index contributed by atoms with van der Waals surface area (Å²) in [5.41, 5.74) is 0.926. The maximum absolute atomic E-state index is 14.4. The van der Waals surface area contributed by atoms with Crippen LogP contribution in [0.15, 0.2) is 48.5 Å². The molecular formula is C21H21FO5S. The molecule has 0 amide bonds. The third-order valence-corrected chi connectivity index (χ3v) is 6.25. The first-order valence-electron chi connectivity index (χ1n) is 9.04. The van der Waals surface area contributed by atoms with Crippen LogP contribution in [0, 0.1) is 5.82 Å². The molecule has 0 spiro atoms. The van der Waals surface area contributed by atoms with E-state index in [2.05, 4.69) is 0 Å². The van der Waals surface area contributed by atoms with Crippen LogP contribution in [0.25, 0.3) is 10.1 Å². The number of fused-ring (bicyclic) bond motifs is 1. The number of rotatable bonds is 4. The van der Waals surface area contributed by atoms with Crippen LogP contribution in [0.5, 0.6) is 0 Å². The summed E-state index contributed by atoms with van der Waals surface area (Å²) < 4.78 is 21.1. The van der Waals surface area contributed by atoms with Crippen molar-refractivity contribution in [3.05, 3.63) is 70.4 Å². The molecule has 2 aromatic carbocycles. The first-order valence-corrected chi connectivity index (χ1v) is 9.86. The van der Waals surface area contributed by atoms with Crippen LogP contribution < -0.4 is 0 Å². The van der Waals surface area contributed by atoms with Crippen molar-refractivity contribution in [3.63, 3.8) is 0 Å². The Bertz CT molecular complexity index is 939. The zero-order valence-corrected chi connectivity index (χ0v) is 15.7. The number of ether oxygens (including phenoxy) is 1. The molecule has 0 saturated carbocycles. The van der Waals surface area contributed by atoms with E-state index in [1.54, 1.807) is 17.4 Å². The Hall–Kier alpha value is -1.87. The zero-order chi connectivity index (χ0) is 19.8. The summed E-state index contributed by atoms with van der Waals surface area (Å²) in [6.45, 7) is -0.503. The standard InChI is InChI=1S/C21H21FO5S/c22-15-6-5-12(21-20(26)19(25)18(24)16(10-23)27-21)7-13(15)9-14-8-11-3-1-2-4-17(11)28-14/h1-8,16,18-21,23-26H,9-10H2/t16-,18-,19+,20-,21+/m1/s1/i10+1,16+1,18+1,19+1,20+1,21+1. The summed E-state index contributed by atoms with van der Waals surface area (Å²) in [6, 6.07) is 14.4. The highest BCUT2D eigenvalue weighted by Crippen LogP contribution is 2.34. The number of thiophene rings is 1. The van der Waals surface area contributed by atoms with Crippen LogP contribution in [0.3, 0.4) is 0 Å². The van der Waals surface area contributed by atoms with E-state index in [4.69, 9.17) is 4.74 Å². The number of hydrogen-bond acceptors (Lipinski definition) is 6. The molecule has 148 valence electrons. The van der Waals surface area contributed by atoms with Crippen LogP contribution in [0.4, 0.5) is 4.39 Å². The Kier molecular flexibility index (Phi) is 5.46. The van der Waals surface area contributed by atoms with E-state index in [1.165, 1.54) is 12.1 Å². The molecule has 1 aromatic heterocycles. The van der Waals surface area contributed by atoms with E-state index < -0.39 is 37.1 Å². The Morgan fingerprint density at radius 3 is 2.50 bits per heavy atom. The smallest absolute Gasteiger partial charge is 0.126 e. The molecule has 1 aliphatic rings. The van der Waals surface area contributed by atoms with Gasteiger partial charge in [-0.05, 0) is 40.8 Å². The van der Waals surface area contributed by atoms with Crippen molar-refractivity contribution in [3.8, 4) is 0 Å². The van der Waals surface area contributed by atoms with Crippen LogP contribution in [0.1, 0.15) is 22.1 Å². The van der Waals surface area contributed by atoms with Gasteiger partial charge < -0.3 is 25.2 Å². The summed E-state index contributed by atoms with van der Waals surface area (Å²) >= 11 is 1.59. The van der Waals surface area contributed by atoms with Gasteiger partial charge in [0.1, 0.15) is 36.3 Å². The van der Waals surface area contributed by atoms with Crippen molar-refractivity contribution in [1.82, 2.24) is 0 Å². The molecule has 2 heterocycles. The Morgan fingerprint density at radius 1 is 0.964 bits per heavy atom. The molecule has 0 bridgehead atoms. The molecule has 7 heteroatoms. The monoisotopic (exact) mass is 410 g/mol. The lowest BCUT2D eigenvalue weighted by Gasteiger charge is -2.40. The van der Waals surface area contributed by atoms with E-state index in [0.717, 1.165) is 15.0 Å². The van der Waals surface area contributed by atoms with Gasteiger partial charge in [-0.1, -0.05) is 24.3 Å². The van der Waals surface area contributed by atoms with Gasteiger partial charge in [0.05, 0.1) is 6.61 Å². The van der Waals surface area contributed by atoms with Crippen molar-refractivity contribution in [2.24, 2.45) is 0 Å². The maximum Gasteiger partial charge on any atom is 0.126 e. The van der Waals surface area contributed by atoms with Crippen LogP contribution >= 0.6 is 11.3 Å². The second-order valence-electron chi connectivity index (χ2n) is 7.03. The lowest BCUT2D eigenvalue weighted by Crippen LogP contribution is -2.55. The van der Waals surface area contributed by atoms with E-state index in [1.807, 2.05) is 30.3 Å². The van der Waals surface area contributed by atoms with Gasteiger partial charge in [0.25, 0.3) is 0 Å². The molecule has 28 heavy (non-hydrogen) atoms. The highest BCUT2D eigenvalue weighted by atomic mass is 32.1. The van der Waals surface area contributed by atoms with Crippen molar-refractivity contribution in [2.75, 3.05) is 6.61 Å². The van der Waals surface area contributed by atoms with Gasteiger partial charge in [-0.2, -0.15) is 0 Å². The topological polar surface area (TPSA) is 90.2 Å². The molecule has 1 aliphatic heterocycles. The van der Waals surface area contributed by atoms with Crippen molar-refractivity contribution in [1.29, 1.82) is 0 Å². The Morgan fingerprint density at radius 2 is 1.75 bits per heavy atom. The van der Waals surface area contributed by atoms with Crippen molar-refractivity contribution in [2.45, 2.75) is 36.9 Å². The highest BCUT2D eigenvalue weighted by molar-refractivity contribution is 7.19. The molecule has 1 saturated heterocycles. The molecule has 4 N–H and O–H groups in total. The van der Waals surface area contributed by atoms with Gasteiger partial charge in [-0.3, -0.25) is 0 Å². The van der Waals surface area contributed by atoms with E-state index >= 15 is 0 Å². The van der Waals surface area contributed by atoms with Gasteiger partial charge in [0.2, 0.25) is 0 Å². The van der Waals surface area contributed by atoms with Gasteiger partial charge >= 0.3 is 0 Å². The predicted octanol–water partition coefficient (Wildman–Crippen LogP) is 2.15. The fourth-order valence-corrected chi connectivity index (χ4v) is 4.68. The summed E-state index contributed by atoms with van der Waals surface area (Å²) in [6.07, 6.45) is -5.87. The first-order chi connectivity index (χ1) is 13.5. The molecule has 3 aromatic rings. The average molecular weight is 410 g/mol. The molecular weight excluding hydrogens is 389 g/mol. The van der Waals surface area contributed by atoms with Gasteiger partial charge in [0.15, 0.2) is 0 Å². The van der Waals surface area contributed by atoms with Crippen molar-refractivity contribution >= 4 is 21.4 Å². The molecule has 4 rings (SSSR count). The minimum Gasteiger partial charge on any atom is -0.394 e. The van der Waals surface area contributed by atoms with Crippen molar-refractivity contribution < 1.29 is 29.6 Å². The fourth-order valence-electron chi connectivity index (χ4n) is 3.60. The SMILES string of the molecule is O[13CH2][13C@H]1O[13C@@H](c2ccc(F)c(Cc3cc4ccccc4s3)c2)[13C@H](O)[13C@@H](O)[13C@@H]1O. The number of halogens is 1. The van der Waals surface area contributed by atoms with Gasteiger partial charge in [-0.15, -0.1) is 11.3 Å². The summed E-state index contributed by atoms with van der Waals surface area (Å²) in [5, 5.41) is 40.7. The highest BCUT2D eigenvalue weighted by Gasteiger charge is 2.44. The first kappa shape index (κ1) is 19.4. The minimum atomic E-state index is -1.47. The number of aliphatic hydroxyl groups excluding tert-OH is 4. The second-order valence-corrected chi connectivity index (χ2v) is 8.20. The zero-order valence-electron chi connectivity index (χ0n) is 14.9. The number of hydrogen-bond donors (Lipinski definition) is 4. The minimum absolute atomic E-state index is 0.370. The van der Waals surface area contributed by atoms with E-state index in [-0.39, 0.29) is 5.82 Å². The lowest BCUT2D eigenvalue weighted by atomic mass is 10.1. The molecule has 5 nitrogen and oxygen atoms in total. The molecule has 0 aliphatic carbocycles. The number of aliphatic hydroxyl groups is 4. The molecule has 1 fully saturated rings. The van der Waals surface area contributed by atoms with Crippen LogP contribution in [0.2, 0.25) is 0 Å². The molecule has 5 atom stereocenters. The molecule has 0 radical (unpaired) electrons. The van der Waals surface area contributed by atoms with Crippen LogP contribution in [-0.2, 0) is 11.2 Å². The van der Waals surface area contributed by atoms with Gasteiger partial charge in [-0.25, -0.2) is 4.39 Å². The summed E-state index contributed by atoms with van der Waals surface area (Å²) in [7, 11) is 0. The number of benzene rings is 2. The summed E-state index contributed by atoms with van der Waals surface area (Å²) in [4.78, 5) is 1.01. The second kappa shape index (κ2) is 7.87. The third kappa shape index (κ3) is 3.57. The average Bonchev–Trinajstić information content (AvgIpc) is 3.11. The fraction of sp³-hybridized carbons (Fsp3) is 0.333. The van der Waals surface area contributed by atoms with Gasteiger partial charge in [0, 0.05) is 16.0 Å². The largest absolute Gasteiger partial charge is 0.394 e. The summed E-state index contributed by atoms with van der Waals surface area (Å²) in [5.74, 6) is -0.370. The van der Waals surface area contributed by atoms with E-state index in [9.17, 15) is 24.8 Å².